The number of urea groups is 1. The zero-order valence-electron chi connectivity index (χ0n) is 18.7. The zero-order chi connectivity index (χ0) is 25.2. The molecule has 2 aliphatic heterocycles. The topological polar surface area (TPSA) is 64.6 Å². The molecule has 1 aromatic carbocycles. The average Bonchev–Trinajstić information content (AvgIpc) is 2.83. The van der Waals surface area contributed by atoms with Crippen LogP contribution in [-0.2, 0) is 12.4 Å². The molecule has 2 amide bonds. The zero-order valence-corrected chi connectivity index (χ0v) is 18.7. The van der Waals surface area contributed by atoms with Crippen LogP contribution in [0.15, 0.2) is 30.6 Å². The summed E-state index contributed by atoms with van der Waals surface area (Å²) in [6.45, 7) is 3.10. The van der Waals surface area contributed by atoms with Gasteiger partial charge in [0.15, 0.2) is 0 Å². The summed E-state index contributed by atoms with van der Waals surface area (Å²) in [5.41, 5.74) is -3.54. The van der Waals surface area contributed by atoms with Crippen LogP contribution in [0.3, 0.4) is 0 Å². The molecule has 0 bridgehead atoms. The van der Waals surface area contributed by atoms with Crippen molar-refractivity contribution in [1.29, 1.82) is 0 Å². The van der Waals surface area contributed by atoms with Crippen molar-refractivity contribution in [3.8, 4) is 0 Å². The summed E-state index contributed by atoms with van der Waals surface area (Å²) in [6.07, 6.45) is -5.10. The van der Waals surface area contributed by atoms with Crippen molar-refractivity contribution in [3.63, 3.8) is 0 Å². The van der Waals surface area contributed by atoms with Crippen LogP contribution in [0.5, 0.6) is 0 Å². The van der Waals surface area contributed by atoms with Gasteiger partial charge < -0.3 is 20.0 Å². The van der Waals surface area contributed by atoms with Crippen molar-refractivity contribution in [2.24, 2.45) is 0 Å². The predicted octanol–water partition coefficient (Wildman–Crippen LogP) is 4.86. The molecule has 2 fully saturated rings. The van der Waals surface area contributed by atoms with E-state index in [-0.39, 0.29) is 19.2 Å². The average molecular weight is 502 g/mol. The molecule has 0 aliphatic carbocycles. The van der Waals surface area contributed by atoms with Crippen LogP contribution in [0.25, 0.3) is 0 Å². The van der Waals surface area contributed by atoms with Crippen LogP contribution >= 0.6 is 0 Å². The van der Waals surface area contributed by atoms with Gasteiger partial charge in [0.25, 0.3) is 0 Å². The fourth-order valence-electron chi connectivity index (χ4n) is 4.17. The van der Waals surface area contributed by atoms with Crippen LogP contribution in [0, 0.1) is 0 Å². The molecule has 13 heteroatoms. The summed E-state index contributed by atoms with van der Waals surface area (Å²) in [5.74, 6) is 1.54. The molecule has 7 nitrogen and oxygen atoms in total. The maximum atomic E-state index is 13.1. The molecular weight excluding hydrogens is 478 g/mol. The molecule has 2 saturated heterocycles. The SMILES string of the molecule is O=C(Nc1cc(C(F)(F)F)cc(C(F)(F)F)c1)N1CCN(c2cc(N3CCCCC3)ncn2)CC1. The summed E-state index contributed by atoms with van der Waals surface area (Å²) < 4.78 is 78.4. The summed E-state index contributed by atoms with van der Waals surface area (Å²) in [5, 5.41) is 2.18. The molecular formula is C22H24F6N6O. The van der Waals surface area contributed by atoms with E-state index in [2.05, 4.69) is 20.2 Å². The second-order valence-corrected chi connectivity index (χ2v) is 8.48. The lowest BCUT2D eigenvalue weighted by molar-refractivity contribution is -0.143. The number of hydrogen-bond donors (Lipinski definition) is 1. The van der Waals surface area contributed by atoms with Gasteiger partial charge in [0.05, 0.1) is 11.1 Å². The highest BCUT2D eigenvalue weighted by Crippen LogP contribution is 2.37. The number of nitrogens with zero attached hydrogens (tertiary/aromatic N) is 5. The largest absolute Gasteiger partial charge is 0.416 e. The van der Waals surface area contributed by atoms with Crippen molar-refractivity contribution in [1.82, 2.24) is 14.9 Å². The van der Waals surface area contributed by atoms with Gasteiger partial charge in [0.1, 0.15) is 18.0 Å². The Kier molecular flexibility index (Phi) is 6.95. The monoisotopic (exact) mass is 502 g/mol. The van der Waals surface area contributed by atoms with Gasteiger partial charge >= 0.3 is 18.4 Å². The Labute approximate surface area is 197 Å². The third-order valence-corrected chi connectivity index (χ3v) is 6.05. The molecule has 2 aliphatic rings. The molecule has 0 saturated carbocycles. The van der Waals surface area contributed by atoms with Crippen molar-refractivity contribution in [3.05, 3.63) is 41.7 Å². The minimum Gasteiger partial charge on any atom is -0.356 e. The number of piperidine rings is 1. The van der Waals surface area contributed by atoms with Gasteiger partial charge in [-0.05, 0) is 37.5 Å². The Balaban J connectivity index is 1.40. The first-order valence-corrected chi connectivity index (χ1v) is 11.2. The Morgan fingerprint density at radius 2 is 1.23 bits per heavy atom. The molecule has 0 atom stereocenters. The number of halogens is 6. The third kappa shape index (κ3) is 6.06. The third-order valence-electron chi connectivity index (χ3n) is 6.05. The maximum Gasteiger partial charge on any atom is 0.416 e. The molecule has 0 spiro atoms. The second-order valence-electron chi connectivity index (χ2n) is 8.48. The van der Waals surface area contributed by atoms with Crippen LogP contribution in [0.2, 0.25) is 0 Å². The van der Waals surface area contributed by atoms with Crippen molar-refractivity contribution in [2.45, 2.75) is 31.6 Å². The molecule has 4 rings (SSSR count). The molecule has 0 unspecified atom stereocenters. The van der Waals surface area contributed by atoms with Crippen molar-refractivity contribution >= 4 is 23.4 Å². The Morgan fingerprint density at radius 1 is 0.714 bits per heavy atom. The first-order valence-electron chi connectivity index (χ1n) is 11.2. The fourth-order valence-corrected chi connectivity index (χ4v) is 4.17. The number of alkyl halides is 6. The van der Waals surface area contributed by atoms with E-state index in [4.69, 9.17) is 0 Å². The van der Waals surface area contributed by atoms with Crippen LogP contribution in [-0.4, -0.2) is 60.2 Å². The number of aromatic nitrogens is 2. The first kappa shape index (κ1) is 24.9. The van der Waals surface area contributed by atoms with E-state index in [9.17, 15) is 31.1 Å². The summed E-state index contributed by atoms with van der Waals surface area (Å²) in [4.78, 5) is 26.8. The van der Waals surface area contributed by atoms with Crippen molar-refractivity contribution < 1.29 is 31.1 Å². The molecule has 190 valence electrons. The standard InChI is InChI=1S/C22H24F6N6O/c23-21(24,25)15-10-16(22(26,27)28)12-17(11-15)31-20(35)34-8-6-33(7-9-34)19-13-18(29-14-30-19)32-4-2-1-3-5-32/h10-14H,1-9H2,(H,31,35). The minimum absolute atomic E-state index is 0.0221. The Hall–Kier alpha value is -3.25. The first-order chi connectivity index (χ1) is 16.5. The number of anilines is 3. The molecule has 1 N–H and O–H groups in total. The normalized spacial score (nSPS) is 17.5. The van der Waals surface area contributed by atoms with Gasteiger partial charge in [-0.2, -0.15) is 26.3 Å². The van der Waals surface area contributed by atoms with Gasteiger partial charge in [-0.15, -0.1) is 0 Å². The predicted molar refractivity (Wildman–Crippen MR) is 117 cm³/mol. The summed E-state index contributed by atoms with van der Waals surface area (Å²) in [6, 6.07) is 2.13. The lowest BCUT2D eigenvalue weighted by atomic mass is 10.1. The van der Waals surface area contributed by atoms with E-state index in [1.165, 1.54) is 17.6 Å². The number of amides is 2. The van der Waals surface area contributed by atoms with Gasteiger partial charge in [-0.1, -0.05) is 0 Å². The van der Waals surface area contributed by atoms with Crippen molar-refractivity contribution in [2.75, 3.05) is 54.4 Å². The lowest BCUT2D eigenvalue weighted by Crippen LogP contribution is -2.50. The quantitative estimate of drug-likeness (QED) is 0.608. The summed E-state index contributed by atoms with van der Waals surface area (Å²) in [7, 11) is 0. The molecule has 35 heavy (non-hydrogen) atoms. The molecule has 1 aromatic heterocycles. The second kappa shape index (κ2) is 9.78. The Bertz CT molecular complexity index is 1010. The van der Waals surface area contributed by atoms with Crippen LogP contribution in [0.4, 0.5) is 48.5 Å². The number of carbonyl (C=O) groups is 1. The van der Waals surface area contributed by atoms with Crippen LogP contribution < -0.4 is 15.1 Å². The highest BCUT2D eigenvalue weighted by molar-refractivity contribution is 5.89. The van der Waals surface area contributed by atoms with E-state index in [1.54, 1.807) is 0 Å². The van der Waals surface area contributed by atoms with E-state index in [0.29, 0.717) is 31.0 Å². The molecule has 0 radical (unpaired) electrons. The highest BCUT2D eigenvalue weighted by Gasteiger charge is 2.37. The number of hydrogen-bond acceptors (Lipinski definition) is 5. The Morgan fingerprint density at radius 3 is 1.74 bits per heavy atom. The fraction of sp³-hybridized carbons (Fsp3) is 0.500. The molecule has 3 heterocycles. The minimum atomic E-state index is -4.99. The lowest BCUT2D eigenvalue weighted by Gasteiger charge is -2.36. The highest BCUT2D eigenvalue weighted by atomic mass is 19.4. The number of piperazine rings is 1. The number of carbonyl (C=O) groups excluding carboxylic acids is 1. The number of benzene rings is 1. The van der Waals surface area contributed by atoms with Gasteiger partial charge in [-0.3, -0.25) is 0 Å². The van der Waals surface area contributed by atoms with E-state index >= 15 is 0 Å². The van der Waals surface area contributed by atoms with Gasteiger partial charge in [0.2, 0.25) is 0 Å². The smallest absolute Gasteiger partial charge is 0.356 e. The van der Waals surface area contributed by atoms with Gasteiger partial charge in [-0.25, -0.2) is 14.8 Å². The number of rotatable bonds is 3. The van der Waals surface area contributed by atoms with Crippen LogP contribution in [0.1, 0.15) is 30.4 Å². The maximum absolute atomic E-state index is 13.1. The van der Waals surface area contributed by atoms with E-state index in [1.807, 2.05) is 11.0 Å². The summed E-state index contributed by atoms with van der Waals surface area (Å²) >= 11 is 0. The van der Waals surface area contributed by atoms with Gasteiger partial charge in [0, 0.05) is 51.0 Å². The van der Waals surface area contributed by atoms with E-state index < -0.39 is 35.2 Å². The van der Waals surface area contributed by atoms with E-state index in [0.717, 1.165) is 31.7 Å². The molecule has 2 aromatic rings. The number of nitrogens with one attached hydrogen (secondary N) is 1.